The third-order valence-electron chi connectivity index (χ3n) is 5.91. The monoisotopic (exact) mass is 386 g/mol. The van der Waals surface area contributed by atoms with Gasteiger partial charge in [-0.3, -0.25) is 4.79 Å². The molecule has 6 aromatic rings. The number of rotatable bonds is 3. The minimum atomic E-state index is 0.685. The first-order chi connectivity index (χ1) is 14.8. The fraction of sp³-hybridized carbons (Fsp3) is 0. The number of aldehydes is 1. The fourth-order valence-corrected chi connectivity index (χ4v) is 4.35. The summed E-state index contributed by atoms with van der Waals surface area (Å²) in [5.41, 5.74) is 8.59. The quantitative estimate of drug-likeness (QED) is 0.318. The molecule has 2 aromatic heterocycles. The van der Waals surface area contributed by atoms with Gasteiger partial charge in [-0.25, -0.2) is 0 Å². The van der Waals surface area contributed by atoms with Gasteiger partial charge in [0, 0.05) is 33.4 Å². The van der Waals surface area contributed by atoms with E-state index in [4.69, 9.17) is 0 Å². The second-order valence-electron chi connectivity index (χ2n) is 7.60. The number of nitrogens with one attached hydrogen (secondary N) is 2. The molecule has 0 aliphatic carbocycles. The van der Waals surface area contributed by atoms with Crippen LogP contribution in [0, 0.1) is 0 Å². The smallest absolute Gasteiger partial charge is 0.152 e. The highest BCUT2D eigenvalue weighted by molar-refractivity contribution is 6.18. The van der Waals surface area contributed by atoms with Crippen LogP contribution in [0.5, 0.6) is 0 Å². The molecule has 0 saturated heterocycles. The molecule has 0 atom stereocenters. The molecule has 3 heteroatoms. The Morgan fingerprint density at radius 3 is 2.03 bits per heavy atom. The van der Waals surface area contributed by atoms with Gasteiger partial charge in [0.25, 0.3) is 0 Å². The molecule has 6 rings (SSSR count). The van der Waals surface area contributed by atoms with E-state index in [1.807, 2.05) is 12.1 Å². The summed E-state index contributed by atoms with van der Waals surface area (Å²) in [5, 5.41) is 3.28. The SMILES string of the molecule is O=Cc1c[nH]c2c1ccc1c3cc(-c4ccc(-c5ccccc5)cc4)ccc3[nH]c12. The summed E-state index contributed by atoms with van der Waals surface area (Å²) >= 11 is 0. The largest absolute Gasteiger partial charge is 0.359 e. The van der Waals surface area contributed by atoms with Crippen LogP contribution in [-0.2, 0) is 0 Å². The number of benzene rings is 4. The summed E-state index contributed by atoms with van der Waals surface area (Å²) in [7, 11) is 0. The zero-order valence-corrected chi connectivity index (χ0v) is 16.1. The van der Waals surface area contributed by atoms with Crippen LogP contribution in [-0.4, -0.2) is 16.3 Å². The maximum Gasteiger partial charge on any atom is 0.152 e. The summed E-state index contributed by atoms with van der Waals surface area (Å²) in [6.07, 6.45) is 2.66. The van der Waals surface area contributed by atoms with Crippen LogP contribution in [0.1, 0.15) is 10.4 Å². The van der Waals surface area contributed by atoms with Crippen LogP contribution >= 0.6 is 0 Å². The van der Waals surface area contributed by atoms with Crippen molar-refractivity contribution in [2.45, 2.75) is 0 Å². The number of aromatic amines is 2. The van der Waals surface area contributed by atoms with E-state index in [-0.39, 0.29) is 0 Å². The van der Waals surface area contributed by atoms with Gasteiger partial charge in [-0.1, -0.05) is 72.8 Å². The molecule has 30 heavy (non-hydrogen) atoms. The Balaban J connectivity index is 1.48. The molecule has 0 aliphatic rings. The van der Waals surface area contributed by atoms with E-state index in [1.165, 1.54) is 27.6 Å². The van der Waals surface area contributed by atoms with Gasteiger partial charge < -0.3 is 9.97 Å². The highest BCUT2D eigenvalue weighted by atomic mass is 16.1. The lowest BCUT2D eigenvalue weighted by Crippen LogP contribution is -1.80. The Morgan fingerprint density at radius 2 is 1.27 bits per heavy atom. The molecule has 0 unspecified atom stereocenters. The molecule has 0 aliphatic heterocycles. The summed E-state index contributed by atoms with van der Waals surface area (Å²) < 4.78 is 0. The summed E-state index contributed by atoms with van der Waals surface area (Å²) in [6.45, 7) is 0. The number of carbonyl (C=O) groups is 1. The maximum absolute atomic E-state index is 11.3. The maximum atomic E-state index is 11.3. The Bertz CT molecular complexity index is 1540. The van der Waals surface area contributed by atoms with Crippen molar-refractivity contribution in [1.29, 1.82) is 0 Å². The molecule has 0 spiro atoms. The molecule has 2 N–H and O–H groups in total. The molecule has 142 valence electrons. The van der Waals surface area contributed by atoms with E-state index in [2.05, 4.69) is 82.8 Å². The fourth-order valence-electron chi connectivity index (χ4n) is 4.35. The summed E-state index contributed by atoms with van der Waals surface area (Å²) in [5.74, 6) is 0. The van der Waals surface area contributed by atoms with E-state index >= 15 is 0 Å². The standard InChI is InChI=1S/C27H18N2O/c30-16-21-15-28-26-22(21)11-12-23-24-14-20(10-13-25(24)29-27(23)26)19-8-6-18(7-9-19)17-4-2-1-3-5-17/h1-16,28-29H. The molecule has 0 amide bonds. The Labute approximate surface area is 173 Å². The molecule has 0 radical (unpaired) electrons. The normalized spacial score (nSPS) is 11.5. The van der Waals surface area contributed by atoms with Crippen molar-refractivity contribution in [3.8, 4) is 22.3 Å². The second-order valence-corrected chi connectivity index (χ2v) is 7.60. The predicted molar refractivity (Wildman–Crippen MR) is 124 cm³/mol. The lowest BCUT2D eigenvalue weighted by atomic mass is 9.99. The first-order valence-corrected chi connectivity index (χ1v) is 9.98. The van der Waals surface area contributed by atoms with Crippen LogP contribution in [0.3, 0.4) is 0 Å². The average Bonchev–Trinajstić information content (AvgIpc) is 3.40. The van der Waals surface area contributed by atoms with E-state index in [0.717, 1.165) is 33.6 Å². The van der Waals surface area contributed by atoms with E-state index in [9.17, 15) is 4.79 Å². The van der Waals surface area contributed by atoms with Crippen molar-refractivity contribution < 1.29 is 4.79 Å². The summed E-state index contributed by atoms with van der Waals surface area (Å²) in [6, 6.07) is 29.8. The Morgan fingerprint density at radius 1 is 0.600 bits per heavy atom. The highest BCUT2D eigenvalue weighted by Crippen LogP contribution is 2.34. The molecule has 0 bridgehead atoms. The third-order valence-corrected chi connectivity index (χ3v) is 5.91. The molecular weight excluding hydrogens is 368 g/mol. The molecule has 0 fully saturated rings. The third kappa shape index (κ3) is 2.49. The van der Waals surface area contributed by atoms with E-state index < -0.39 is 0 Å². The minimum absolute atomic E-state index is 0.685. The van der Waals surface area contributed by atoms with Gasteiger partial charge in [0.1, 0.15) is 0 Å². The second kappa shape index (κ2) is 6.46. The first kappa shape index (κ1) is 16.8. The van der Waals surface area contributed by atoms with Crippen molar-refractivity contribution in [1.82, 2.24) is 9.97 Å². The van der Waals surface area contributed by atoms with Crippen LogP contribution in [0.15, 0.2) is 91.1 Å². The number of aromatic nitrogens is 2. The molecule has 3 nitrogen and oxygen atoms in total. The van der Waals surface area contributed by atoms with Gasteiger partial charge in [-0.05, 0) is 34.4 Å². The number of hydrogen-bond donors (Lipinski definition) is 2. The van der Waals surface area contributed by atoms with Gasteiger partial charge in [-0.15, -0.1) is 0 Å². The van der Waals surface area contributed by atoms with E-state index in [0.29, 0.717) is 5.56 Å². The molecule has 2 heterocycles. The minimum Gasteiger partial charge on any atom is -0.359 e. The average molecular weight is 386 g/mol. The zero-order valence-electron chi connectivity index (χ0n) is 16.1. The van der Waals surface area contributed by atoms with Gasteiger partial charge in [0.2, 0.25) is 0 Å². The molecule has 0 saturated carbocycles. The Kier molecular flexibility index (Phi) is 3.62. The van der Waals surface area contributed by atoms with Crippen molar-refractivity contribution >= 4 is 39.0 Å². The number of H-pyrrole nitrogens is 2. The topological polar surface area (TPSA) is 48.6 Å². The molecular formula is C27H18N2O. The van der Waals surface area contributed by atoms with Crippen molar-refractivity contribution in [2.75, 3.05) is 0 Å². The number of fused-ring (bicyclic) bond motifs is 5. The van der Waals surface area contributed by atoms with Crippen LogP contribution in [0.2, 0.25) is 0 Å². The van der Waals surface area contributed by atoms with Gasteiger partial charge >= 0.3 is 0 Å². The van der Waals surface area contributed by atoms with Crippen LogP contribution in [0.4, 0.5) is 0 Å². The number of carbonyl (C=O) groups excluding carboxylic acids is 1. The predicted octanol–water partition coefficient (Wildman–Crippen LogP) is 6.95. The zero-order chi connectivity index (χ0) is 20.1. The number of hydrogen-bond acceptors (Lipinski definition) is 1. The highest BCUT2D eigenvalue weighted by Gasteiger charge is 2.12. The van der Waals surface area contributed by atoms with E-state index in [1.54, 1.807) is 6.20 Å². The van der Waals surface area contributed by atoms with Crippen LogP contribution < -0.4 is 0 Å². The first-order valence-electron chi connectivity index (χ1n) is 9.98. The Hall–Kier alpha value is -4.11. The lowest BCUT2D eigenvalue weighted by Gasteiger charge is -2.05. The van der Waals surface area contributed by atoms with Gasteiger partial charge in [0.05, 0.1) is 11.0 Å². The van der Waals surface area contributed by atoms with Crippen LogP contribution in [0.25, 0.3) is 55.0 Å². The lowest BCUT2D eigenvalue weighted by molar-refractivity contribution is 0.112. The van der Waals surface area contributed by atoms with Crippen molar-refractivity contribution in [3.05, 3.63) is 96.7 Å². The van der Waals surface area contributed by atoms with Gasteiger partial charge in [-0.2, -0.15) is 0 Å². The summed E-state index contributed by atoms with van der Waals surface area (Å²) in [4.78, 5) is 18.0. The van der Waals surface area contributed by atoms with Crippen molar-refractivity contribution in [2.24, 2.45) is 0 Å². The van der Waals surface area contributed by atoms with Crippen molar-refractivity contribution in [3.63, 3.8) is 0 Å². The molecule has 4 aromatic carbocycles. The van der Waals surface area contributed by atoms with Gasteiger partial charge in [0.15, 0.2) is 6.29 Å².